The number of hydrogen-bond donors (Lipinski definition) is 2. The van der Waals surface area contributed by atoms with Gasteiger partial charge in [-0.25, -0.2) is 9.78 Å². The van der Waals surface area contributed by atoms with E-state index in [1.165, 1.54) is 6.08 Å². The Bertz CT molecular complexity index is 835. The lowest BCUT2D eigenvalue weighted by Crippen LogP contribution is -2.45. The minimum atomic E-state index is -0.996. The maximum atomic E-state index is 12.7. The van der Waals surface area contributed by atoms with Gasteiger partial charge < -0.3 is 15.3 Å². The number of halogens is 1. The van der Waals surface area contributed by atoms with E-state index in [0.29, 0.717) is 28.5 Å². The van der Waals surface area contributed by atoms with Gasteiger partial charge in [0.2, 0.25) is 0 Å². The van der Waals surface area contributed by atoms with Crippen molar-refractivity contribution < 1.29 is 14.7 Å². The lowest BCUT2D eigenvalue weighted by atomic mass is 10.0. The number of likely N-dealkylation sites (tertiary alicyclic amines) is 1. The number of benzene rings is 1. The van der Waals surface area contributed by atoms with Gasteiger partial charge in [0.25, 0.3) is 5.91 Å². The number of anilines is 1. The number of aliphatic carboxylic acids is 1. The van der Waals surface area contributed by atoms with Crippen LogP contribution in [0.5, 0.6) is 0 Å². The summed E-state index contributed by atoms with van der Waals surface area (Å²) < 4.78 is 0. The minimum absolute atomic E-state index is 0.000261. The van der Waals surface area contributed by atoms with Crippen LogP contribution >= 0.6 is 11.6 Å². The van der Waals surface area contributed by atoms with Crippen LogP contribution in [0.3, 0.4) is 0 Å². The standard InChI is InChI=1S/C20H20ClN3O3/c21-16-7-5-15(6-8-16)20(27)24-11-1-2-17(13-24)23-18-9-3-14(12-22-18)4-10-19(25)26/h3-10,12,17H,1-2,11,13H2,(H,22,23)(H,25,26)/b10-4+/t17-/m1/s1. The predicted molar refractivity (Wildman–Crippen MR) is 105 cm³/mol. The first kappa shape index (κ1) is 18.9. The van der Waals surface area contributed by atoms with E-state index in [-0.39, 0.29) is 11.9 Å². The van der Waals surface area contributed by atoms with Crippen LogP contribution in [0.2, 0.25) is 5.02 Å². The minimum Gasteiger partial charge on any atom is -0.478 e. The normalized spacial score (nSPS) is 17.1. The van der Waals surface area contributed by atoms with Crippen LogP contribution < -0.4 is 5.32 Å². The van der Waals surface area contributed by atoms with E-state index in [9.17, 15) is 9.59 Å². The van der Waals surface area contributed by atoms with Gasteiger partial charge in [0, 0.05) is 42.0 Å². The average Bonchev–Trinajstić information content (AvgIpc) is 2.68. The van der Waals surface area contributed by atoms with Gasteiger partial charge in [0.1, 0.15) is 5.82 Å². The molecule has 0 spiro atoms. The van der Waals surface area contributed by atoms with Crippen molar-refractivity contribution in [2.75, 3.05) is 18.4 Å². The van der Waals surface area contributed by atoms with E-state index in [2.05, 4.69) is 10.3 Å². The van der Waals surface area contributed by atoms with Crippen molar-refractivity contribution in [3.63, 3.8) is 0 Å². The molecular weight excluding hydrogens is 366 g/mol. The van der Waals surface area contributed by atoms with Crippen LogP contribution in [0, 0.1) is 0 Å². The topological polar surface area (TPSA) is 82.5 Å². The Hall–Kier alpha value is -2.86. The van der Waals surface area contributed by atoms with Crippen LogP contribution in [-0.4, -0.2) is 46.0 Å². The van der Waals surface area contributed by atoms with Crippen molar-refractivity contribution in [2.24, 2.45) is 0 Å². The first-order valence-corrected chi connectivity index (χ1v) is 9.07. The number of piperidine rings is 1. The summed E-state index contributed by atoms with van der Waals surface area (Å²) in [4.78, 5) is 29.4. The smallest absolute Gasteiger partial charge is 0.328 e. The van der Waals surface area contributed by atoms with Crippen molar-refractivity contribution >= 4 is 35.4 Å². The number of carbonyl (C=O) groups excluding carboxylic acids is 1. The van der Waals surface area contributed by atoms with Gasteiger partial charge in [-0.05, 0) is 60.9 Å². The summed E-state index contributed by atoms with van der Waals surface area (Å²) in [5, 5.41) is 12.6. The molecule has 27 heavy (non-hydrogen) atoms. The van der Waals surface area contributed by atoms with Crippen LogP contribution in [0.1, 0.15) is 28.8 Å². The molecule has 0 unspecified atom stereocenters. The molecule has 0 saturated carbocycles. The second-order valence-corrected chi connectivity index (χ2v) is 6.83. The van der Waals surface area contributed by atoms with E-state index in [1.807, 2.05) is 11.0 Å². The average molecular weight is 386 g/mol. The first-order valence-electron chi connectivity index (χ1n) is 8.70. The molecule has 1 atom stereocenters. The zero-order valence-electron chi connectivity index (χ0n) is 14.6. The van der Waals surface area contributed by atoms with Crippen molar-refractivity contribution in [1.29, 1.82) is 0 Å². The van der Waals surface area contributed by atoms with Crippen molar-refractivity contribution in [3.05, 3.63) is 64.8 Å². The number of amides is 1. The third-order valence-corrected chi connectivity index (χ3v) is 4.61. The van der Waals surface area contributed by atoms with Gasteiger partial charge in [-0.1, -0.05) is 11.6 Å². The van der Waals surface area contributed by atoms with Crippen LogP contribution in [-0.2, 0) is 4.79 Å². The number of carboxylic acid groups (broad SMARTS) is 1. The molecule has 140 valence electrons. The molecule has 1 aliphatic heterocycles. The zero-order chi connectivity index (χ0) is 19.2. The van der Waals surface area contributed by atoms with Crippen LogP contribution in [0.4, 0.5) is 5.82 Å². The number of carbonyl (C=O) groups is 2. The lowest BCUT2D eigenvalue weighted by Gasteiger charge is -2.33. The number of pyridine rings is 1. The molecule has 2 aromatic rings. The van der Waals surface area contributed by atoms with Crippen LogP contribution in [0.25, 0.3) is 6.08 Å². The molecule has 1 saturated heterocycles. The number of rotatable bonds is 5. The molecule has 6 nitrogen and oxygen atoms in total. The summed E-state index contributed by atoms with van der Waals surface area (Å²) in [5.41, 5.74) is 1.35. The maximum Gasteiger partial charge on any atom is 0.328 e. The number of hydrogen-bond acceptors (Lipinski definition) is 4. The summed E-state index contributed by atoms with van der Waals surface area (Å²) in [7, 11) is 0. The van der Waals surface area contributed by atoms with E-state index in [0.717, 1.165) is 25.5 Å². The van der Waals surface area contributed by atoms with Crippen LogP contribution in [0.15, 0.2) is 48.7 Å². The Morgan fingerprint density at radius 2 is 2.00 bits per heavy atom. The molecule has 7 heteroatoms. The summed E-state index contributed by atoms with van der Waals surface area (Å²) >= 11 is 5.89. The molecule has 1 amide bonds. The number of nitrogens with zero attached hydrogens (tertiary/aromatic N) is 2. The van der Waals surface area contributed by atoms with Gasteiger partial charge in [-0.2, -0.15) is 0 Å². The molecule has 1 aliphatic rings. The highest BCUT2D eigenvalue weighted by Crippen LogP contribution is 2.18. The first-order chi connectivity index (χ1) is 13.0. The fraction of sp³-hybridized carbons (Fsp3) is 0.250. The van der Waals surface area contributed by atoms with Crippen molar-refractivity contribution in [2.45, 2.75) is 18.9 Å². The van der Waals surface area contributed by atoms with E-state index in [1.54, 1.807) is 36.5 Å². The monoisotopic (exact) mass is 385 g/mol. The fourth-order valence-electron chi connectivity index (χ4n) is 3.02. The number of nitrogens with one attached hydrogen (secondary N) is 1. The van der Waals surface area contributed by atoms with E-state index >= 15 is 0 Å². The molecule has 1 aromatic carbocycles. The van der Waals surface area contributed by atoms with Gasteiger partial charge in [0.15, 0.2) is 0 Å². The maximum absolute atomic E-state index is 12.7. The number of aromatic nitrogens is 1. The molecular formula is C20H20ClN3O3. The van der Waals surface area contributed by atoms with Crippen molar-refractivity contribution in [3.8, 4) is 0 Å². The van der Waals surface area contributed by atoms with Gasteiger partial charge in [0.05, 0.1) is 0 Å². The third kappa shape index (κ3) is 5.31. The fourth-order valence-corrected chi connectivity index (χ4v) is 3.15. The van der Waals surface area contributed by atoms with E-state index < -0.39 is 5.97 Å². The second kappa shape index (κ2) is 8.68. The molecule has 1 aromatic heterocycles. The van der Waals surface area contributed by atoms with Gasteiger partial charge >= 0.3 is 5.97 Å². The Morgan fingerprint density at radius 3 is 2.67 bits per heavy atom. The van der Waals surface area contributed by atoms with Crippen molar-refractivity contribution in [1.82, 2.24) is 9.88 Å². The lowest BCUT2D eigenvalue weighted by molar-refractivity contribution is -0.131. The molecule has 1 fully saturated rings. The Kier molecular flexibility index (Phi) is 6.08. The summed E-state index contributed by atoms with van der Waals surface area (Å²) in [6.07, 6.45) is 6.04. The number of carboxylic acids is 1. The molecule has 3 rings (SSSR count). The van der Waals surface area contributed by atoms with Gasteiger partial charge in [-0.15, -0.1) is 0 Å². The molecule has 0 bridgehead atoms. The quantitative estimate of drug-likeness (QED) is 0.769. The summed E-state index contributed by atoms with van der Waals surface area (Å²) in [6, 6.07) is 10.6. The Morgan fingerprint density at radius 1 is 1.22 bits per heavy atom. The second-order valence-electron chi connectivity index (χ2n) is 6.39. The highest BCUT2D eigenvalue weighted by molar-refractivity contribution is 6.30. The zero-order valence-corrected chi connectivity index (χ0v) is 15.4. The summed E-state index contributed by atoms with van der Waals surface area (Å²) in [6.45, 7) is 1.33. The largest absolute Gasteiger partial charge is 0.478 e. The predicted octanol–water partition coefficient (Wildman–Crippen LogP) is 3.55. The van der Waals surface area contributed by atoms with Gasteiger partial charge in [-0.3, -0.25) is 4.79 Å². The molecule has 0 aliphatic carbocycles. The molecule has 0 radical (unpaired) electrons. The SMILES string of the molecule is O=C(O)/C=C/c1ccc(N[C@@H]2CCCN(C(=O)c3ccc(Cl)cc3)C2)nc1. The highest BCUT2D eigenvalue weighted by atomic mass is 35.5. The Labute approximate surface area is 162 Å². The molecule has 2 heterocycles. The summed E-state index contributed by atoms with van der Waals surface area (Å²) in [5.74, 6) is -0.293. The van der Waals surface area contributed by atoms with E-state index in [4.69, 9.17) is 16.7 Å². The molecule has 2 N–H and O–H groups in total. The highest BCUT2D eigenvalue weighted by Gasteiger charge is 2.24. The Balaban J connectivity index is 1.60. The third-order valence-electron chi connectivity index (χ3n) is 4.36.